The van der Waals surface area contributed by atoms with Crippen LogP contribution in [0.25, 0.3) is 0 Å². The molecule has 98 valence electrons. The SMILES string of the molecule is CC[C@@H]1CCCCN1C(=O)Nc1cccc(Cl)c1. The van der Waals surface area contributed by atoms with Gasteiger partial charge >= 0.3 is 6.03 Å². The Balaban J connectivity index is 2.02. The number of nitrogens with one attached hydrogen (secondary N) is 1. The smallest absolute Gasteiger partial charge is 0.322 e. The van der Waals surface area contributed by atoms with Crippen molar-refractivity contribution in [2.75, 3.05) is 11.9 Å². The van der Waals surface area contributed by atoms with Gasteiger partial charge in [0.25, 0.3) is 0 Å². The minimum absolute atomic E-state index is 0.0104. The van der Waals surface area contributed by atoms with Crippen molar-refractivity contribution in [3.05, 3.63) is 29.3 Å². The largest absolute Gasteiger partial charge is 0.322 e. The van der Waals surface area contributed by atoms with Crippen molar-refractivity contribution in [1.82, 2.24) is 4.90 Å². The number of amides is 2. The van der Waals surface area contributed by atoms with Crippen molar-refractivity contribution in [3.63, 3.8) is 0 Å². The summed E-state index contributed by atoms with van der Waals surface area (Å²) in [7, 11) is 0. The molecule has 1 aromatic carbocycles. The molecule has 0 radical (unpaired) electrons. The lowest BCUT2D eigenvalue weighted by Crippen LogP contribution is -2.45. The van der Waals surface area contributed by atoms with Gasteiger partial charge in [0.2, 0.25) is 0 Å². The number of piperidine rings is 1. The van der Waals surface area contributed by atoms with E-state index in [1.807, 2.05) is 17.0 Å². The monoisotopic (exact) mass is 266 g/mol. The van der Waals surface area contributed by atoms with Gasteiger partial charge in [-0.15, -0.1) is 0 Å². The van der Waals surface area contributed by atoms with Crippen LogP contribution in [0, 0.1) is 0 Å². The van der Waals surface area contributed by atoms with Gasteiger partial charge < -0.3 is 10.2 Å². The second-order valence-electron chi connectivity index (χ2n) is 4.69. The highest BCUT2D eigenvalue weighted by atomic mass is 35.5. The zero-order valence-corrected chi connectivity index (χ0v) is 11.4. The maximum absolute atomic E-state index is 12.2. The Morgan fingerprint density at radius 1 is 1.50 bits per heavy atom. The van der Waals surface area contributed by atoms with Gasteiger partial charge in [-0.3, -0.25) is 0 Å². The van der Waals surface area contributed by atoms with Crippen LogP contribution in [0.4, 0.5) is 10.5 Å². The van der Waals surface area contributed by atoms with Crippen LogP contribution in [0.2, 0.25) is 5.02 Å². The Labute approximate surface area is 113 Å². The Kier molecular flexibility index (Phi) is 4.48. The van der Waals surface area contributed by atoms with E-state index in [1.165, 1.54) is 6.42 Å². The molecule has 0 aromatic heterocycles. The van der Waals surface area contributed by atoms with E-state index in [0.29, 0.717) is 11.1 Å². The minimum atomic E-state index is -0.0104. The molecule has 1 aromatic rings. The average Bonchev–Trinajstić information content (AvgIpc) is 2.38. The molecule has 0 unspecified atom stereocenters. The van der Waals surface area contributed by atoms with E-state index in [4.69, 9.17) is 11.6 Å². The molecule has 0 aliphatic carbocycles. The normalized spacial score (nSPS) is 19.7. The summed E-state index contributed by atoms with van der Waals surface area (Å²) in [5.74, 6) is 0. The van der Waals surface area contributed by atoms with Crippen LogP contribution in [0.1, 0.15) is 32.6 Å². The van der Waals surface area contributed by atoms with Gasteiger partial charge in [-0.2, -0.15) is 0 Å². The van der Waals surface area contributed by atoms with E-state index < -0.39 is 0 Å². The van der Waals surface area contributed by atoms with Crippen LogP contribution in [0.15, 0.2) is 24.3 Å². The van der Waals surface area contributed by atoms with E-state index in [9.17, 15) is 4.79 Å². The van der Waals surface area contributed by atoms with Gasteiger partial charge in [0, 0.05) is 23.3 Å². The molecule has 1 N–H and O–H groups in total. The molecule has 0 spiro atoms. The van der Waals surface area contributed by atoms with Crippen molar-refractivity contribution < 1.29 is 4.79 Å². The van der Waals surface area contributed by atoms with Crippen molar-refractivity contribution in [3.8, 4) is 0 Å². The van der Waals surface area contributed by atoms with Crippen LogP contribution in [0.5, 0.6) is 0 Å². The fourth-order valence-electron chi connectivity index (χ4n) is 2.45. The van der Waals surface area contributed by atoms with Crippen molar-refractivity contribution in [1.29, 1.82) is 0 Å². The number of urea groups is 1. The number of halogens is 1. The lowest BCUT2D eigenvalue weighted by atomic mass is 10.0. The Bertz CT molecular complexity index is 422. The Morgan fingerprint density at radius 3 is 3.06 bits per heavy atom. The first-order chi connectivity index (χ1) is 8.70. The average molecular weight is 267 g/mol. The first-order valence-electron chi connectivity index (χ1n) is 6.54. The number of benzene rings is 1. The van der Waals surface area contributed by atoms with Crippen LogP contribution in [-0.4, -0.2) is 23.5 Å². The molecular formula is C14H19ClN2O. The predicted octanol–water partition coefficient (Wildman–Crippen LogP) is 4.14. The molecule has 2 amide bonds. The molecule has 1 aliphatic heterocycles. The van der Waals surface area contributed by atoms with E-state index in [-0.39, 0.29) is 6.03 Å². The third kappa shape index (κ3) is 3.16. The standard InChI is InChI=1S/C14H19ClN2O/c1-2-13-8-3-4-9-17(13)14(18)16-12-7-5-6-11(15)10-12/h5-7,10,13H,2-4,8-9H2,1H3,(H,16,18)/t13-/m1/s1. The summed E-state index contributed by atoms with van der Waals surface area (Å²) < 4.78 is 0. The summed E-state index contributed by atoms with van der Waals surface area (Å²) in [6.45, 7) is 2.99. The first kappa shape index (κ1) is 13.2. The molecular weight excluding hydrogens is 248 g/mol. The van der Waals surface area contributed by atoms with Gasteiger partial charge in [-0.25, -0.2) is 4.79 Å². The second kappa shape index (κ2) is 6.10. The fraction of sp³-hybridized carbons (Fsp3) is 0.500. The van der Waals surface area contributed by atoms with Crippen molar-refractivity contribution in [2.45, 2.75) is 38.6 Å². The topological polar surface area (TPSA) is 32.3 Å². The van der Waals surface area contributed by atoms with E-state index in [0.717, 1.165) is 31.5 Å². The molecule has 0 bridgehead atoms. The van der Waals surface area contributed by atoms with Crippen LogP contribution >= 0.6 is 11.6 Å². The maximum Gasteiger partial charge on any atom is 0.322 e. The van der Waals surface area contributed by atoms with Gasteiger partial charge in [0.1, 0.15) is 0 Å². The third-order valence-electron chi connectivity index (χ3n) is 3.44. The molecule has 2 rings (SSSR count). The number of rotatable bonds is 2. The third-order valence-corrected chi connectivity index (χ3v) is 3.67. The highest BCUT2D eigenvalue weighted by molar-refractivity contribution is 6.30. The fourth-order valence-corrected chi connectivity index (χ4v) is 2.64. The molecule has 1 fully saturated rings. The highest BCUT2D eigenvalue weighted by Crippen LogP contribution is 2.21. The molecule has 0 saturated carbocycles. The summed E-state index contributed by atoms with van der Waals surface area (Å²) in [5.41, 5.74) is 0.757. The Morgan fingerprint density at radius 2 is 2.33 bits per heavy atom. The number of hydrogen-bond donors (Lipinski definition) is 1. The zero-order valence-electron chi connectivity index (χ0n) is 10.7. The van der Waals surface area contributed by atoms with Gasteiger partial charge in [-0.1, -0.05) is 24.6 Å². The number of carbonyl (C=O) groups excluding carboxylic acids is 1. The summed E-state index contributed by atoms with van der Waals surface area (Å²) >= 11 is 5.91. The molecule has 1 aliphatic rings. The molecule has 3 nitrogen and oxygen atoms in total. The van der Waals surface area contributed by atoms with Crippen LogP contribution in [0.3, 0.4) is 0 Å². The summed E-state index contributed by atoms with van der Waals surface area (Å²) in [6.07, 6.45) is 4.45. The van der Waals surface area contributed by atoms with E-state index in [2.05, 4.69) is 12.2 Å². The van der Waals surface area contributed by atoms with Crippen molar-refractivity contribution in [2.24, 2.45) is 0 Å². The summed E-state index contributed by atoms with van der Waals surface area (Å²) in [6, 6.07) is 7.62. The van der Waals surface area contributed by atoms with Crippen LogP contribution in [-0.2, 0) is 0 Å². The van der Waals surface area contributed by atoms with Gasteiger partial charge in [-0.05, 0) is 43.9 Å². The van der Waals surface area contributed by atoms with E-state index in [1.54, 1.807) is 12.1 Å². The number of likely N-dealkylation sites (tertiary alicyclic amines) is 1. The first-order valence-corrected chi connectivity index (χ1v) is 6.91. The van der Waals surface area contributed by atoms with Crippen LogP contribution < -0.4 is 5.32 Å². The second-order valence-corrected chi connectivity index (χ2v) is 5.13. The molecule has 1 atom stereocenters. The molecule has 4 heteroatoms. The predicted molar refractivity (Wildman–Crippen MR) is 75.1 cm³/mol. The molecule has 1 heterocycles. The Hall–Kier alpha value is -1.22. The summed E-state index contributed by atoms with van der Waals surface area (Å²) in [4.78, 5) is 14.2. The maximum atomic E-state index is 12.2. The lowest BCUT2D eigenvalue weighted by Gasteiger charge is -2.35. The van der Waals surface area contributed by atoms with Gasteiger partial charge in [0.15, 0.2) is 0 Å². The zero-order chi connectivity index (χ0) is 13.0. The number of carbonyl (C=O) groups is 1. The number of anilines is 1. The summed E-state index contributed by atoms with van der Waals surface area (Å²) in [5, 5.41) is 3.56. The van der Waals surface area contributed by atoms with Gasteiger partial charge in [0.05, 0.1) is 0 Å². The van der Waals surface area contributed by atoms with E-state index >= 15 is 0 Å². The quantitative estimate of drug-likeness (QED) is 0.857. The number of hydrogen-bond acceptors (Lipinski definition) is 1. The molecule has 1 saturated heterocycles. The van der Waals surface area contributed by atoms with Crippen molar-refractivity contribution >= 4 is 23.3 Å². The highest BCUT2D eigenvalue weighted by Gasteiger charge is 2.25. The molecule has 18 heavy (non-hydrogen) atoms. The lowest BCUT2D eigenvalue weighted by molar-refractivity contribution is 0.160. The number of nitrogens with zero attached hydrogens (tertiary/aromatic N) is 1. The minimum Gasteiger partial charge on any atom is -0.322 e.